The van der Waals surface area contributed by atoms with Gasteiger partial charge in [-0.3, -0.25) is 10.1 Å². The van der Waals surface area contributed by atoms with Gasteiger partial charge in [0.2, 0.25) is 0 Å². The van der Waals surface area contributed by atoms with E-state index in [9.17, 15) is 10.1 Å². The summed E-state index contributed by atoms with van der Waals surface area (Å²) in [6, 6.07) is 5.18. The first-order valence-electron chi connectivity index (χ1n) is 6.36. The highest BCUT2D eigenvalue weighted by Crippen LogP contribution is 2.25. The highest BCUT2D eigenvalue weighted by molar-refractivity contribution is 5.62. The molecule has 0 bridgehead atoms. The molecule has 5 nitrogen and oxygen atoms in total. The van der Waals surface area contributed by atoms with E-state index in [4.69, 9.17) is 0 Å². The Labute approximate surface area is 107 Å². The summed E-state index contributed by atoms with van der Waals surface area (Å²) in [7, 11) is 0. The van der Waals surface area contributed by atoms with Gasteiger partial charge in [0, 0.05) is 12.6 Å². The van der Waals surface area contributed by atoms with Gasteiger partial charge >= 0.3 is 0 Å². The number of nitro benzene ring substituents is 1. The fourth-order valence-electron chi connectivity index (χ4n) is 2.30. The van der Waals surface area contributed by atoms with E-state index in [2.05, 4.69) is 10.6 Å². The number of nitrogens with zero attached hydrogens (tertiary/aromatic N) is 1. The molecule has 0 radical (unpaired) electrons. The molecule has 0 spiro atoms. The first kappa shape index (κ1) is 12.8. The average Bonchev–Trinajstić information content (AvgIpc) is 2.37. The van der Waals surface area contributed by atoms with Crippen LogP contribution in [0.1, 0.15) is 18.4 Å². The number of hydrogen-bond acceptors (Lipinski definition) is 4. The van der Waals surface area contributed by atoms with Gasteiger partial charge in [-0.25, -0.2) is 0 Å². The molecule has 0 aliphatic carbocycles. The van der Waals surface area contributed by atoms with Gasteiger partial charge in [0.15, 0.2) is 0 Å². The summed E-state index contributed by atoms with van der Waals surface area (Å²) in [4.78, 5) is 10.6. The highest BCUT2D eigenvalue weighted by Gasteiger charge is 2.16. The van der Waals surface area contributed by atoms with Crippen LogP contribution in [-0.4, -0.2) is 24.6 Å². The third-order valence-corrected chi connectivity index (χ3v) is 3.33. The van der Waals surface area contributed by atoms with Crippen molar-refractivity contribution >= 4 is 11.4 Å². The summed E-state index contributed by atoms with van der Waals surface area (Å²) >= 11 is 0. The Kier molecular flexibility index (Phi) is 4.15. The standard InChI is InChI=1S/C13H19N3O2/c1-10-4-5-13(16(17)18)12(7-10)15-9-11-3-2-6-14-8-11/h4-5,7,11,14-15H,2-3,6,8-9H2,1H3. The second kappa shape index (κ2) is 5.82. The number of nitrogens with one attached hydrogen (secondary N) is 2. The van der Waals surface area contributed by atoms with Gasteiger partial charge in [0.05, 0.1) is 4.92 Å². The number of anilines is 1. The van der Waals surface area contributed by atoms with Gasteiger partial charge in [-0.15, -0.1) is 0 Å². The molecule has 5 heteroatoms. The van der Waals surface area contributed by atoms with E-state index >= 15 is 0 Å². The minimum Gasteiger partial charge on any atom is -0.379 e. The fourth-order valence-corrected chi connectivity index (χ4v) is 2.30. The molecule has 0 aromatic heterocycles. The van der Waals surface area contributed by atoms with Crippen LogP contribution in [0.3, 0.4) is 0 Å². The monoisotopic (exact) mass is 249 g/mol. The van der Waals surface area contributed by atoms with Crippen molar-refractivity contribution in [3.8, 4) is 0 Å². The normalized spacial score (nSPS) is 19.5. The SMILES string of the molecule is Cc1ccc([N+](=O)[O-])c(NCC2CCCNC2)c1. The quantitative estimate of drug-likeness (QED) is 0.634. The maximum atomic E-state index is 10.9. The molecule has 2 rings (SSSR count). The van der Waals surface area contributed by atoms with Crippen molar-refractivity contribution < 1.29 is 4.92 Å². The van der Waals surface area contributed by atoms with Gasteiger partial charge in [-0.1, -0.05) is 6.07 Å². The smallest absolute Gasteiger partial charge is 0.292 e. The lowest BCUT2D eigenvalue weighted by Gasteiger charge is -2.23. The maximum absolute atomic E-state index is 10.9. The van der Waals surface area contributed by atoms with Gasteiger partial charge in [-0.05, 0) is 50.4 Å². The van der Waals surface area contributed by atoms with E-state index < -0.39 is 0 Å². The van der Waals surface area contributed by atoms with Gasteiger partial charge in [0.25, 0.3) is 5.69 Å². The molecule has 1 aromatic carbocycles. The van der Waals surface area contributed by atoms with E-state index in [1.807, 2.05) is 13.0 Å². The molecule has 1 atom stereocenters. The number of aryl methyl sites for hydroxylation is 1. The Balaban J connectivity index is 2.03. The summed E-state index contributed by atoms with van der Waals surface area (Å²) in [5, 5.41) is 17.5. The van der Waals surface area contributed by atoms with Crippen LogP contribution in [0, 0.1) is 23.0 Å². The predicted octanol–water partition coefficient (Wildman–Crippen LogP) is 2.31. The molecule has 1 saturated heterocycles. The van der Waals surface area contributed by atoms with Gasteiger partial charge in [0.1, 0.15) is 5.69 Å². The van der Waals surface area contributed by atoms with Crippen molar-refractivity contribution in [1.29, 1.82) is 0 Å². The Morgan fingerprint density at radius 2 is 2.39 bits per heavy atom. The lowest BCUT2D eigenvalue weighted by Crippen LogP contribution is -2.33. The molecule has 0 saturated carbocycles. The van der Waals surface area contributed by atoms with Crippen LogP contribution in [0.2, 0.25) is 0 Å². The molecule has 1 aliphatic heterocycles. The number of benzene rings is 1. The van der Waals surface area contributed by atoms with E-state index in [0.717, 1.165) is 25.2 Å². The second-order valence-electron chi connectivity index (χ2n) is 4.87. The van der Waals surface area contributed by atoms with Crippen molar-refractivity contribution in [2.75, 3.05) is 25.0 Å². The van der Waals surface area contributed by atoms with Crippen LogP contribution in [0.5, 0.6) is 0 Å². The maximum Gasteiger partial charge on any atom is 0.292 e. The second-order valence-corrected chi connectivity index (χ2v) is 4.87. The minimum absolute atomic E-state index is 0.157. The molecule has 1 unspecified atom stereocenters. The Bertz CT molecular complexity index is 428. The van der Waals surface area contributed by atoms with Crippen LogP contribution >= 0.6 is 0 Å². The predicted molar refractivity (Wildman–Crippen MR) is 71.9 cm³/mol. The van der Waals surface area contributed by atoms with Gasteiger partial charge < -0.3 is 10.6 Å². The molecule has 98 valence electrons. The third kappa shape index (κ3) is 3.20. The summed E-state index contributed by atoms with van der Waals surface area (Å²) in [5.41, 5.74) is 1.82. The first-order chi connectivity index (χ1) is 8.66. The third-order valence-electron chi connectivity index (χ3n) is 3.33. The van der Waals surface area contributed by atoms with Crippen molar-refractivity contribution in [1.82, 2.24) is 5.32 Å². The highest BCUT2D eigenvalue weighted by atomic mass is 16.6. The molecular formula is C13H19N3O2. The van der Waals surface area contributed by atoms with Crippen molar-refractivity contribution in [2.45, 2.75) is 19.8 Å². The molecule has 2 N–H and O–H groups in total. The number of rotatable bonds is 4. The summed E-state index contributed by atoms with van der Waals surface area (Å²) in [6.45, 7) is 4.81. The minimum atomic E-state index is -0.332. The van der Waals surface area contributed by atoms with Crippen molar-refractivity contribution in [2.24, 2.45) is 5.92 Å². The van der Waals surface area contributed by atoms with Crippen LogP contribution in [0.15, 0.2) is 18.2 Å². The Morgan fingerprint density at radius 1 is 1.56 bits per heavy atom. The molecule has 1 fully saturated rings. The zero-order chi connectivity index (χ0) is 13.0. The average molecular weight is 249 g/mol. The number of hydrogen-bond donors (Lipinski definition) is 2. The lowest BCUT2D eigenvalue weighted by atomic mass is 9.99. The summed E-state index contributed by atoms with van der Waals surface area (Å²) in [5.74, 6) is 0.555. The lowest BCUT2D eigenvalue weighted by molar-refractivity contribution is -0.384. The van der Waals surface area contributed by atoms with Crippen molar-refractivity contribution in [3.05, 3.63) is 33.9 Å². The topological polar surface area (TPSA) is 67.2 Å². The molecule has 1 aliphatic rings. The van der Waals surface area contributed by atoms with E-state index in [-0.39, 0.29) is 10.6 Å². The van der Waals surface area contributed by atoms with Crippen LogP contribution in [0.4, 0.5) is 11.4 Å². The van der Waals surface area contributed by atoms with Crippen LogP contribution in [-0.2, 0) is 0 Å². The zero-order valence-corrected chi connectivity index (χ0v) is 10.6. The molecule has 1 aromatic rings. The van der Waals surface area contributed by atoms with Gasteiger partial charge in [-0.2, -0.15) is 0 Å². The van der Waals surface area contributed by atoms with Crippen LogP contribution < -0.4 is 10.6 Å². The summed E-state index contributed by atoms with van der Waals surface area (Å²) in [6.07, 6.45) is 2.36. The molecule has 18 heavy (non-hydrogen) atoms. The fraction of sp³-hybridized carbons (Fsp3) is 0.538. The van der Waals surface area contributed by atoms with Crippen LogP contribution in [0.25, 0.3) is 0 Å². The molecular weight excluding hydrogens is 230 g/mol. The van der Waals surface area contributed by atoms with E-state index in [1.54, 1.807) is 12.1 Å². The Morgan fingerprint density at radius 3 is 3.06 bits per heavy atom. The van der Waals surface area contributed by atoms with Crippen molar-refractivity contribution in [3.63, 3.8) is 0 Å². The molecule has 0 amide bonds. The zero-order valence-electron chi connectivity index (χ0n) is 10.6. The number of piperidine rings is 1. The first-order valence-corrected chi connectivity index (χ1v) is 6.36. The molecule has 1 heterocycles. The van der Waals surface area contributed by atoms with E-state index in [1.165, 1.54) is 12.8 Å². The largest absolute Gasteiger partial charge is 0.379 e. The summed E-state index contributed by atoms with van der Waals surface area (Å²) < 4.78 is 0. The Hall–Kier alpha value is -1.62. The number of nitro groups is 1. The van der Waals surface area contributed by atoms with E-state index in [0.29, 0.717) is 11.6 Å².